The molecule has 0 saturated heterocycles. The highest BCUT2D eigenvalue weighted by Crippen LogP contribution is 2.34. The predicted molar refractivity (Wildman–Crippen MR) is 64.9 cm³/mol. The first-order valence-corrected chi connectivity index (χ1v) is 5.96. The number of aryl methyl sites for hydroxylation is 1. The fourth-order valence-electron chi connectivity index (χ4n) is 1.56. The van der Waals surface area contributed by atoms with E-state index in [4.69, 9.17) is 9.84 Å². The molecule has 2 rings (SSSR count). The van der Waals surface area contributed by atoms with Crippen LogP contribution in [-0.4, -0.2) is 27.1 Å². The number of ether oxygens (including phenoxy) is 1. The zero-order valence-corrected chi connectivity index (χ0v) is 10.5. The van der Waals surface area contributed by atoms with E-state index in [2.05, 4.69) is 9.97 Å². The Hall–Kier alpha value is -1.69. The second-order valence-electron chi connectivity index (χ2n) is 3.89. The molecule has 0 radical (unpaired) electrons. The first kappa shape index (κ1) is 11.8. The Balaban J connectivity index is 2.66. The number of nitrogens with zero attached hydrogens (tertiary/aromatic N) is 2. The van der Waals surface area contributed by atoms with Gasteiger partial charge in [0.05, 0.1) is 11.5 Å². The molecule has 0 aliphatic heterocycles. The number of rotatable bonds is 3. The fraction of sp³-hybridized carbons (Fsp3) is 0.364. The number of hydrogen-bond acceptors (Lipinski definition) is 5. The maximum atomic E-state index is 11.0. The lowest BCUT2D eigenvalue weighted by atomic mass is 10.2. The van der Waals surface area contributed by atoms with E-state index in [1.54, 1.807) is 6.92 Å². The minimum atomic E-state index is -0.944. The Morgan fingerprint density at radius 1 is 1.47 bits per heavy atom. The highest BCUT2D eigenvalue weighted by Gasteiger charge is 2.19. The van der Waals surface area contributed by atoms with Crippen LogP contribution in [-0.2, 0) is 0 Å². The average molecular weight is 252 g/mol. The second kappa shape index (κ2) is 4.29. The Morgan fingerprint density at radius 3 is 2.76 bits per heavy atom. The first-order valence-electron chi connectivity index (χ1n) is 5.14. The molecule has 1 N–H and O–H groups in total. The summed E-state index contributed by atoms with van der Waals surface area (Å²) < 4.78 is 5.56. The number of aromatic carboxylic acids is 1. The molecular weight excluding hydrogens is 240 g/mol. The molecule has 2 heterocycles. The van der Waals surface area contributed by atoms with Gasteiger partial charge in [-0.3, -0.25) is 0 Å². The fourth-order valence-corrected chi connectivity index (χ4v) is 2.53. The molecule has 2 aromatic heterocycles. The highest BCUT2D eigenvalue weighted by molar-refractivity contribution is 7.20. The zero-order chi connectivity index (χ0) is 12.6. The molecule has 0 fully saturated rings. The smallest absolute Gasteiger partial charge is 0.346 e. The summed E-state index contributed by atoms with van der Waals surface area (Å²) in [6, 6.07) is 0. The summed E-state index contributed by atoms with van der Waals surface area (Å²) >= 11 is 1.14. The summed E-state index contributed by atoms with van der Waals surface area (Å²) in [5.74, 6) is -0.493. The molecule has 0 amide bonds. The van der Waals surface area contributed by atoms with Crippen LogP contribution in [0.15, 0.2) is 6.33 Å². The van der Waals surface area contributed by atoms with E-state index in [9.17, 15) is 4.79 Å². The van der Waals surface area contributed by atoms with Crippen LogP contribution in [0.2, 0.25) is 0 Å². The summed E-state index contributed by atoms with van der Waals surface area (Å²) in [5.41, 5.74) is 0.661. The van der Waals surface area contributed by atoms with E-state index >= 15 is 0 Å². The van der Waals surface area contributed by atoms with Gasteiger partial charge in [-0.1, -0.05) is 0 Å². The average Bonchev–Trinajstić information content (AvgIpc) is 2.56. The Kier molecular flexibility index (Phi) is 2.97. The van der Waals surface area contributed by atoms with Crippen molar-refractivity contribution in [3.63, 3.8) is 0 Å². The lowest BCUT2D eigenvalue weighted by Gasteiger charge is -2.09. The van der Waals surface area contributed by atoms with Gasteiger partial charge in [0, 0.05) is 0 Å². The van der Waals surface area contributed by atoms with Crippen LogP contribution in [0.4, 0.5) is 0 Å². The van der Waals surface area contributed by atoms with Crippen LogP contribution < -0.4 is 4.74 Å². The highest BCUT2D eigenvalue weighted by atomic mass is 32.1. The number of carboxylic acids is 1. The summed E-state index contributed by atoms with van der Waals surface area (Å²) in [6.45, 7) is 5.54. The molecule has 5 nitrogen and oxygen atoms in total. The molecule has 17 heavy (non-hydrogen) atoms. The van der Waals surface area contributed by atoms with Crippen LogP contribution in [0.3, 0.4) is 0 Å². The van der Waals surface area contributed by atoms with Gasteiger partial charge in [0.25, 0.3) is 0 Å². The van der Waals surface area contributed by atoms with Crippen molar-refractivity contribution in [3.8, 4) is 5.88 Å². The van der Waals surface area contributed by atoms with Gasteiger partial charge in [0.2, 0.25) is 5.88 Å². The largest absolute Gasteiger partial charge is 0.477 e. The molecule has 90 valence electrons. The zero-order valence-electron chi connectivity index (χ0n) is 9.72. The van der Waals surface area contributed by atoms with Crippen LogP contribution in [0.1, 0.15) is 29.1 Å². The summed E-state index contributed by atoms with van der Waals surface area (Å²) in [4.78, 5) is 20.1. The van der Waals surface area contributed by atoms with Crippen molar-refractivity contribution >= 4 is 27.5 Å². The molecule has 0 atom stereocenters. The maximum Gasteiger partial charge on any atom is 0.346 e. The number of carbonyl (C=O) groups is 1. The summed E-state index contributed by atoms with van der Waals surface area (Å²) in [6.07, 6.45) is 1.38. The molecule has 0 bridgehead atoms. The number of aromatic nitrogens is 2. The third-order valence-corrected chi connectivity index (χ3v) is 3.42. The monoisotopic (exact) mass is 252 g/mol. The van der Waals surface area contributed by atoms with Crippen molar-refractivity contribution in [1.82, 2.24) is 9.97 Å². The minimum absolute atomic E-state index is 0.0133. The molecule has 0 unspecified atom stereocenters. The van der Waals surface area contributed by atoms with Gasteiger partial charge in [-0.2, -0.15) is 0 Å². The van der Waals surface area contributed by atoms with Crippen molar-refractivity contribution in [3.05, 3.63) is 16.8 Å². The molecule has 0 saturated carbocycles. The predicted octanol–water partition coefficient (Wildman–Crippen LogP) is 2.49. The minimum Gasteiger partial charge on any atom is -0.477 e. The van der Waals surface area contributed by atoms with E-state index in [0.29, 0.717) is 21.7 Å². The van der Waals surface area contributed by atoms with Crippen molar-refractivity contribution in [1.29, 1.82) is 0 Å². The summed E-state index contributed by atoms with van der Waals surface area (Å²) in [5, 5.41) is 9.76. The Morgan fingerprint density at radius 2 is 2.18 bits per heavy atom. The lowest BCUT2D eigenvalue weighted by molar-refractivity contribution is 0.0701. The summed E-state index contributed by atoms with van der Waals surface area (Å²) in [7, 11) is 0. The third kappa shape index (κ3) is 2.08. The Bertz CT molecular complexity index is 577. The molecule has 0 aromatic carbocycles. The van der Waals surface area contributed by atoms with E-state index < -0.39 is 5.97 Å². The van der Waals surface area contributed by atoms with Crippen molar-refractivity contribution in [2.24, 2.45) is 0 Å². The molecule has 0 aliphatic carbocycles. The van der Waals surface area contributed by atoms with Gasteiger partial charge in [-0.25, -0.2) is 14.8 Å². The first-order chi connectivity index (χ1) is 8.00. The van der Waals surface area contributed by atoms with E-state index in [0.717, 1.165) is 11.3 Å². The van der Waals surface area contributed by atoms with Crippen molar-refractivity contribution in [2.75, 3.05) is 0 Å². The van der Waals surface area contributed by atoms with Crippen LogP contribution >= 0.6 is 11.3 Å². The molecular formula is C11H12N2O3S. The van der Waals surface area contributed by atoms with Crippen LogP contribution in [0.5, 0.6) is 5.88 Å². The van der Waals surface area contributed by atoms with Crippen LogP contribution in [0.25, 0.3) is 10.2 Å². The van der Waals surface area contributed by atoms with Crippen molar-refractivity contribution < 1.29 is 14.6 Å². The van der Waals surface area contributed by atoms with Gasteiger partial charge in [0.15, 0.2) is 0 Å². The molecule has 2 aromatic rings. The normalized spacial score (nSPS) is 11.1. The number of thiophene rings is 1. The number of fused-ring (bicyclic) bond motifs is 1. The number of carboxylic acid groups (broad SMARTS) is 1. The lowest BCUT2D eigenvalue weighted by Crippen LogP contribution is -2.07. The third-order valence-electron chi connectivity index (χ3n) is 2.23. The van der Waals surface area contributed by atoms with Gasteiger partial charge in [-0.05, 0) is 26.3 Å². The molecule has 6 heteroatoms. The van der Waals surface area contributed by atoms with Gasteiger partial charge in [-0.15, -0.1) is 11.3 Å². The van der Waals surface area contributed by atoms with Gasteiger partial charge < -0.3 is 9.84 Å². The van der Waals surface area contributed by atoms with E-state index in [1.807, 2.05) is 13.8 Å². The van der Waals surface area contributed by atoms with E-state index in [1.165, 1.54) is 6.33 Å². The molecule has 0 spiro atoms. The Labute approximate surface area is 102 Å². The van der Waals surface area contributed by atoms with Crippen LogP contribution in [0, 0.1) is 6.92 Å². The SMILES string of the molecule is Cc1c(C(=O)O)sc2ncnc(OC(C)C)c12. The van der Waals surface area contributed by atoms with Crippen molar-refractivity contribution in [2.45, 2.75) is 26.9 Å². The maximum absolute atomic E-state index is 11.0. The van der Waals surface area contributed by atoms with Gasteiger partial charge >= 0.3 is 5.97 Å². The number of hydrogen-bond donors (Lipinski definition) is 1. The van der Waals surface area contributed by atoms with E-state index in [-0.39, 0.29) is 11.0 Å². The second-order valence-corrected chi connectivity index (χ2v) is 4.89. The quantitative estimate of drug-likeness (QED) is 0.908. The standard InChI is InChI=1S/C11H12N2O3S/c1-5(2)16-9-7-6(3)8(11(14)15)17-10(7)13-4-12-9/h4-5H,1-3H3,(H,14,15). The topological polar surface area (TPSA) is 72.3 Å². The molecule has 0 aliphatic rings. The van der Waals surface area contributed by atoms with Gasteiger partial charge in [0.1, 0.15) is 16.0 Å².